The minimum absolute atomic E-state index is 0.262. The molecule has 8 heteroatoms. The molecule has 160 valence electrons. The number of amides is 1. The highest BCUT2D eigenvalue weighted by Crippen LogP contribution is 2.28. The van der Waals surface area contributed by atoms with Crippen LogP contribution >= 0.6 is 0 Å². The fraction of sp³-hybridized carbons (Fsp3) is 0.125. The fourth-order valence-corrected chi connectivity index (χ4v) is 3.05. The summed E-state index contributed by atoms with van der Waals surface area (Å²) < 4.78 is 12.8. The number of carbonyl (C=O) groups excluding carboxylic acids is 1. The van der Waals surface area contributed by atoms with Crippen molar-refractivity contribution in [2.45, 2.75) is 13.5 Å². The smallest absolute Gasteiger partial charge is 0.493 e. The topological polar surface area (TPSA) is 89.6 Å². The van der Waals surface area contributed by atoms with Gasteiger partial charge in [-0.2, -0.15) is 9.36 Å². The number of hydrogen-bond donors (Lipinski definition) is 1. The minimum atomic E-state index is -0.361. The Bertz CT molecular complexity index is 1280. The lowest BCUT2D eigenvalue weighted by Crippen LogP contribution is -2.47. The SMILES string of the molecule is COc1cc(/C=N/NC(=O)[n+]2ccccc2)ccc1OCc1nc2ccccc2nc1C. The second-order valence-corrected chi connectivity index (χ2v) is 6.90. The van der Waals surface area contributed by atoms with Crippen molar-refractivity contribution in [2.24, 2.45) is 5.10 Å². The number of hydrogen-bond acceptors (Lipinski definition) is 6. The van der Waals surface area contributed by atoms with E-state index in [0.29, 0.717) is 11.5 Å². The van der Waals surface area contributed by atoms with Crippen molar-refractivity contribution in [3.63, 3.8) is 0 Å². The molecule has 2 heterocycles. The maximum Gasteiger partial charge on any atom is 0.520 e. The van der Waals surface area contributed by atoms with Crippen molar-refractivity contribution in [3.8, 4) is 11.5 Å². The molecule has 0 atom stereocenters. The molecular weight excluding hydrogens is 406 g/mol. The molecule has 0 spiro atoms. The quantitative estimate of drug-likeness (QED) is 0.289. The maximum atomic E-state index is 12.0. The van der Waals surface area contributed by atoms with E-state index in [9.17, 15) is 4.79 Å². The Morgan fingerprint density at radius 3 is 2.53 bits per heavy atom. The first-order valence-corrected chi connectivity index (χ1v) is 9.97. The largest absolute Gasteiger partial charge is 0.520 e. The van der Waals surface area contributed by atoms with E-state index < -0.39 is 0 Å². The fourth-order valence-electron chi connectivity index (χ4n) is 3.05. The van der Waals surface area contributed by atoms with E-state index in [0.717, 1.165) is 28.0 Å². The number of pyridine rings is 1. The van der Waals surface area contributed by atoms with Crippen LogP contribution in [0.25, 0.3) is 11.0 Å². The summed E-state index contributed by atoms with van der Waals surface area (Å²) in [4.78, 5) is 21.3. The van der Waals surface area contributed by atoms with E-state index in [4.69, 9.17) is 9.47 Å². The number of benzene rings is 2. The molecule has 0 fully saturated rings. The van der Waals surface area contributed by atoms with Crippen molar-refractivity contribution in [1.82, 2.24) is 15.4 Å². The van der Waals surface area contributed by atoms with Gasteiger partial charge in [0.1, 0.15) is 6.61 Å². The third-order valence-corrected chi connectivity index (χ3v) is 4.72. The molecule has 1 N–H and O–H groups in total. The van der Waals surface area contributed by atoms with Gasteiger partial charge in [-0.25, -0.2) is 9.97 Å². The standard InChI is InChI=1S/C24H21N5O3/c1-17-21(27-20-9-5-4-8-19(20)26-17)16-32-22-11-10-18(14-23(22)31-2)15-25-28-24(30)29-12-6-3-7-13-29/h3-15H,16H2,1-2H3/p+1/b25-15+. The first-order chi connectivity index (χ1) is 15.6. The van der Waals surface area contributed by atoms with Crippen LogP contribution in [0.2, 0.25) is 0 Å². The summed E-state index contributed by atoms with van der Waals surface area (Å²) in [6.45, 7) is 2.18. The Labute approximate surface area is 185 Å². The number of rotatable bonds is 6. The average Bonchev–Trinajstić information content (AvgIpc) is 2.83. The van der Waals surface area contributed by atoms with Gasteiger partial charge in [0.15, 0.2) is 11.5 Å². The lowest BCUT2D eigenvalue weighted by Gasteiger charge is -2.12. The van der Waals surface area contributed by atoms with E-state index in [2.05, 4.69) is 20.5 Å². The molecule has 0 radical (unpaired) electrons. The number of aromatic nitrogens is 3. The van der Waals surface area contributed by atoms with Crippen LogP contribution in [0.15, 0.2) is 78.2 Å². The van der Waals surface area contributed by atoms with Gasteiger partial charge in [-0.1, -0.05) is 23.3 Å². The Morgan fingerprint density at radius 1 is 1.03 bits per heavy atom. The predicted octanol–water partition coefficient (Wildman–Crippen LogP) is 3.41. The van der Waals surface area contributed by atoms with Crippen LogP contribution in [0.1, 0.15) is 17.0 Å². The summed E-state index contributed by atoms with van der Waals surface area (Å²) in [7, 11) is 1.57. The molecule has 0 bridgehead atoms. The Hall–Kier alpha value is -4.33. The van der Waals surface area contributed by atoms with Gasteiger partial charge in [-0.3, -0.25) is 0 Å². The maximum absolute atomic E-state index is 12.0. The second kappa shape index (κ2) is 9.65. The summed E-state index contributed by atoms with van der Waals surface area (Å²) in [5.74, 6) is 1.12. The number of methoxy groups -OCH3 is 1. The van der Waals surface area contributed by atoms with Crippen LogP contribution in [0, 0.1) is 6.92 Å². The van der Waals surface area contributed by atoms with Gasteiger partial charge in [0.2, 0.25) is 0 Å². The summed E-state index contributed by atoms with van der Waals surface area (Å²) in [5.41, 5.74) is 6.48. The molecule has 4 aromatic rings. The zero-order chi connectivity index (χ0) is 22.3. The molecule has 1 amide bonds. The highest BCUT2D eigenvalue weighted by molar-refractivity contribution is 5.81. The highest BCUT2D eigenvalue weighted by Gasteiger charge is 2.11. The third kappa shape index (κ3) is 4.86. The monoisotopic (exact) mass is 428 g/mol. The molecule has 2 aromatic heterocycles. The highest BCUT2D eigenvalue weighted by atomic mass is 16.5. The van der Waals surface area contributed by atoms with Gasteiger partial charge < -0.3 is 9.47 Å². The third-order valence-electron chi connectivity index (χ3n) is 4.72. The van der Waals surface area contributed by atoms with Crippen LogP contribution in [-0.2, 0) is 6.61 Å². The van der Waals surface area contributed by atoms with Crippen LogP contribution in [0.3, 0.4) is 0 Å². The lowest BCUT2D eigenvalue weighted by molar-refractivity contribution is -0.572. The van der Waals surface area contributed by atoms with Crippen LogP contribution in [-0.4, -0.2) is 29.3 Å². The summed E-state index contributed by atoms with van der Waals surface area (Å²) >= 11 is 0. The molecule has 0 aliphatic rings. The number of fused-ring (bicyclic) bond motifs is 1. The van der Waals surface area contributed by atoms with Gasteiger partial charge >= 0.3 is 6.03 Å². The van der Waals surface area contributed by atoms with E-state index in [1.54, 1.807) is 43.8 Å². The first kappa shape index (κ1) is 20.9. The van der Waals surface area contributed by atoms with Crippen molar-refractivity contribution in [2.75, 3.05) is 7.11 Å². The molecule has 2 aromatic carbocycles. The summed E-state index contributed by atoms with van der Waals surface area (Å²) in [6.07, 6.45) is 4.82. The number of nitrogens with zero attached hydrogens (tertiary/aromatic N) is 4. The zero-order valence-corrected chi connectivity index (χ0v) is 17.7. The number of ether oxygens (including phenoxy) is 2. The molecule has 32 heavy (non-hydrogen) atoms. The number of hydrazone groups is 1. The molecule has 0 aliphatic heterocycles. The van der Waals surface area contributed by atoms with E-state index in [1.807, 2.05) is 43.3 Å². The molecule has 0 aliphatic carbocycles. The van der Waals surface area contributed by atoms with Crippen molar-refractivity contribution < 1.29 is 18.8 Å². The number of aryl methyl sites for hydroxylation is 1. The van der Waals surface area contributed by atoms with Crippen LogP contribution < -0.4 is 19.5 Å². The normalized spacial score (nSPS) is 10.9. The second-order valence-electron chi connectivity index (χ2n) is 6.90. The van der Waals surface area contributed by atoms with Gasteiger partial charge in [0.25, 0.3) is 0 Å². The molecule has 4 rings (SSSR count). The van der Waals surface area contributed by atoms with Crippen molar-refractivity contribution in [3.05, 3.63) is 90.0 Å². The predicted molar refractivity (Wildman–Crippen MR) is 120 cm³/mol. The Morgan fingerprint density at radius 2 is 1.78 bits per heavy atom. The average molecular weight is 428 g/mol. The van der Waals surface area contributed by atoms with Crippen LogP contribution in [0.5, 0.6) is 11.5 Å². The summed E-state index contributed by atoms with van der Waals surface area (Å²) in [5, 5.41) is 4.00. The lowest BCUT2D eigenvalue weighted by atomic mass is 10.2. The zero-order valence-electron chi connectivity index (χ0n) is 17.7. The number of carbonyl (C=O) groups is 1. The number of para-hydroxylation sites is 2. The van der Waals surface area contributed by atoms with Gasteiger partial charge in [0.05, 0.1) is 48.1 Å². The van der Waals surface area contributed by atoms with E-state index in [-0.39, 0.29) is 12.6 Å². The van der Waals surface area contributed by atoms with Gasteiger partial charge in [0, 0.05) is 5.56 Å². The van der Waals surface area contributed by atoms with E-state index >= 15 is 0 Å². The minimum Gasteiger partial charge on any atom is -0.493 e. The van der Waals surface area contributed by atoms with Gasteiger partial charge in [-0.05, 0) is 49.4 Å². The molecular formula is C24H22N5O3+. The van der Waals surface area contributed by atoms with Crippen molar-refractivity contribution >= 4 is 23.3 Å². The molecule has 0 unspecified atom stereocenters. The Balaban J connectivity index is 1.43. The Kier molecular flexibility index (Phi) is 6.31. The van der Waals surface area contributed by atoms with E-state index in [1.165, 1.54) is 10.8 Å². The van der Waals surface area contributed by atoms with Crippen molar-refractivity contribution in [1.29, 1.82) is 0 Å². The molecule has 8 nitrogen and oxygen atoms in total. The first-order valence-electron chi connectivity index (χ1n) is 9.97. The molecule has 0 saturated carbocycles. The summed E-state index contributed by atoms with van der Waals surface area (Å²) in [6, 6.07) is 18.1. The molecule has 0 saturated heterocycles. The van der Waals surface area contributed by atoms with Crippen LogP contribution in [0.4, 0.5) is 4.79 Å². The van der Waals surface area contributed by atoms with Gasteiger partial charge in [-0.15, -0.1) is 5.43 Å². The number of nitrogens with one attached hydrogen (secondary N) is 1.